The average Bonchev–Trinajstić information content (AvgIpc) is 3.43. The Labute approximate surface area is 171 Å². The lowest BCUT2D eigenvalue weighted by Gasteiger charge is -2.26. The third-order valence-corrected chi connectivity index (χ3v) is 6.44. The second-order valence-corrected chi connectivity index (χ2v) is 8.49. The lowest BCUT2D eigenvalue weighted by Crippen LogP contribution is -2.36. The summed E-state index contributed by atoms with van der Waals surface area (Å²) in [5.74, 6) is 0.846. The molecule has 2 fully saturated rings. The van der Waals surface area contributed by atoms with Gasteiger partial charge in [-0.25, -0.2) is 4.79 Å². The van der Waals surface area contributed by atoms with E-state index < -0.39 is 0 Å². The summed E-state index contributed by atoms with van der Waals surface area (Å²) >= 11 is 0. The maximum absolute atomic E-state index is 12.8. The van der Waals surface area contributed by atoms with E-state index in [0.29, 0.717) is 23.4 Å². The van der Waals surface area contributed by atoms with Gasteiger partial charge in [0.25, 0.3) is 5.91 Å². The van der Waals surface area contributed by atoms with Crippen LogP contribution in [0.2, 0.25) is 0 Å². The summed E-state index contributed by atoms with van der Waals surface area (Å²) in [6.45, 7) is 4.62. The summed E-state index contributed by atoms with van der Waals surface area (Å²) in [5, 5.41) is 6.63. The molecule has 2 heterocycles. The van der Waals surface area contributed by atoms with Crippen LogP contribution in [-0.4, -0.2) is 64.7 Å². The highest BCUT2D eigenvalue weighted by molar-refractivity contribution is 5.94. The molecule has 2 aromatic rings. The molecule has 0 spiro atoms. The SMILES string of the molecule is CNC(=O)c1cnn(C(=O)N2C[C@H]3CC(N(C)Cc4ccc(C)cc4)C[C@H]3C2)c1. The summed E-state index contributed by atoms with van der Waals surface area (Å²) in [7, 11) is 3.77. The molecule has 1 aromatic heterocycles. The predicted molar refractivity (Wildman–Crippen MR) is 111 cm³/mol. The highest BCUT2D eigenvalue weighted by atomic mass is 16.2. The molecule has 1 N–H and O–H groups in total. The van der Waals surface area contributed by atoms with Gasteiger partial charge in [0.05, 0.1) is 11.8 Å². The number of carbonyl (C=O) groups is 2. The van der Waals surface area contributed by atoms with Gasteiger partial charge < -0.3 is 10.2 Å². The number of nitrogens with zero attached hydrogens (tertiary/aromatic N) is 4. The van der Waals surface area contributed by atoms with Crippen LogP contribution < -0.4 is 5.32 Å². The van der Waals surface area contributed by atoms with Crippen LogP contribution in [-0.2, 0) is 6.54 Å². The van der Waals surface area contributed by atoms with E-state index in [-0.39, 0.29) is 11.9 Å². The number of fused-ring (bicyclic) bond motifs is 1. The Morgan fingerprint density at radius 3 is 2.45 bits per heavy atom. The van der Waals surface area contributed by atoms with Gasteiger partial charge in [-0.3, -0.25) is 9.69 Å². The number of rotatable bonds is 4. The highest BCUT2D eigenvalue weighted by Gasteiger charge is 2.43. The van der Waals surface area contributed by atoms with Crippen molar-refractivity contribution in [2.24, 2.45) is 11.8 Å². The van der Waals surface area contributed by atoms with E-state index in [1.807, 2.05) is 4.90 Å². The molecule has 3 atom stereocenters. The second kappa shape index (κ2) is 7.99. The molecule has 1 aliphatic carbocycles. The summed E-state index contributed by atoms with van der Waals surface area (Å²) in [5.41, 5.74) is 3.03. The van der Waals surface area contributed by atoms with Gasteiger partial charge >= 0.3 is 6.03 Å². The minimum Gasteiger partial charge on any atom is -0.355 e. The zero-order chi connectivity index (χ0) is 20.5. The van der Waals surface area contributed by atoms with E-state index in [1.54, 1.807) is 7.05 Å². The topological polar surface area (TPSA) is 70.5 Å². The van der Waals surface area contributed by atoms with Crippen LogP contribution in [0, 0.1) is 18.8 Å². The van der Waals surface area contributed by atoms with Crippen molar-refractivity contribution in [1.29, 1.82) is 0 Å². The number of aromatic nitrogens is 2. The lowest BCUT2D eigenvalue weighted by molar-refractivity contribution is 0.0963. The number of amides is 2. The van der Waals surface area contributed by atoms with Crippen LogP contribution in [0.4, 0.5) is 4.79 Å². The van der Waals surface area contributed by atoms with Gasteiger partial charge in [0.15, 0.2) is 0 Å². The van der Waals surface area contributed by atoms with Gasteiger partial charge in [0, 0.05) is 38.9 Å². The van der Waals surface area contributed by atoms with E-state index >= 15 is 0 Å². The normalized spacial score (nSPS) is 23.4. The van der Waals surface area contributed by atoms with Gasteiger partial charge in [-0.2, -0.15) is 9.78 Å². The predicted octanol–water partition coefficient (Wildman–Crippen LogP) is 2.36. The Morgan fingerprint density at radius 2 is 1.83 bits per heavy atom. The smallest absolute Gasteiger partial charge is 0.344 e. The first kappa shape index (κ1) is 19.6. The number of aryl methyl sites for hydroxylation is 1. The number of hydrogen-bond donors (Lipinski definition) is 1. The van der Waals surface area contributed by atoms with Crippen molar-refractivity contribution in [3.63, 3.8) is 0 Å². The van der Waals surface area contributed by atoms with E-state index in [0.717, 1.165) is 32.5 Å². The molecule has 4 rings (SSSR count). The minimum atomic E-state index is -0.234. The summed E-state index contributed by atoms with van der Waals surface area (Å²) < 4.78 is 1.28. The fraction of sp³-hybridized carbons (Fsp3) is 0.500. The number of nitrogens with one attached hydrogen (secondary N) is 1. The lowest BCUT2D eigenvalue weighted by atomic mass is 10.0. The molecule has 0 bridgehead atoms. The first-order chi connectivity index (χ1) is 13.9. The van der Waals surface area contributed by atoms with Gasteiger partial charge in [0.2, 0.25) is 0 Å². The zero-order valence-electron chi connectivity index (χ0n) is 17.3. The van der Waals surface area contributed by atoms with Crippen LogP contribution in [0.1, 0.15) is 34.3 Å². The van der Waals surface area contributed by atoms with Crippen LogP contribution in [0.25, 0.3) is 0 Å². The Balaban J connectivity index is 1.32. The molecular formula is C22H29N5O2. The van der Waals surface area contributed by atoms with Crippen LogP contribution >= 0.6 is 0 Å². The number of likely N-dealkylation sites (tertiary alicyclic amines) is 1. The molecule has 7 nitrogen and oxygen atoms in total. The maximum atomic E-state index is 12.8. The van der Waals surface area contributed by atoms with Gasteiger partial charge in [-0.1, -0.05) is 29.8 Å². The second-order valence-electron chi connectivity index (χ2n) is 8.49. The quantitative estimate of drug-likeness (QED) is 0.863. The monoisotopic (exact) mass is 395 g/mol. The third-order valence-electron chi connectivity index (χ3n) is 6.44. The van der Waals surface area contributed by atoms with E-state index in [4.69, 9.17) is 0 Å². The molecule has 29 heavy (non-hydrogen) atoms. The maximum Gasteiger partial charge on any atom is 0.344 e. The minimum absolute atomic E-state index is 0.140. The molecule has 7 heteroatoms. The van der Waals surface area contributed by atoms with Crippen molar-refractivity contribution in [1.82, 2.24) is 24.9 Å². The Morgan fingerprint density at radius 1 is 1.17 bits per heavy atom. The van der Waals surface area contributed by atoms with Crippen LogP contribution in [0.5, 0.6) is 0 Å². The average molecular weight is 396 g/mol. The highest BCUT2D eigenvalue weighted by Crippen LogP contribution is 2.40. The summed E-state index contributed by atoms with van der Waals surface area (Å²) in [6, 6.07) is 9.17. The van der Waals surface area contributed by atoms with Crippen molar-refractivity contribution in [3.05, 3.63) is 53.3 Å². The van der Waals surface area contributed by atoms with Crippen LogP contribution in [0.3, 0.4) is 0 Å². The van der Waals surface area contributed by atoms with Crippen molar-refractivity contribution in [2.75, 3.05) is 27.2 Å². The van der Waals surface area contributed by atoms with Crippen molar-refractivity contribution < 1.29 is 9.59 Å². The molecule has 2 aliphatic rings. The molecule has 1 saturated heterocycles. The standard InChI is InChI=1S/C22H29N5O2/c1-15-4-6-16(7-5-15)11-25(3)20-8-17-12-26(13-18(17)9-20)22(29)27-14-19(10-24-27)21(28)23-2/h4-7,10,14,17-18,20H,8-9,11-13H2,1-3H3,(H,23,28)/t17-,18+,20?. The van der Waals surface area contributed by atoms with Gasteiger partial charge in [-0.15, -0.1) is 0 Å². The Kier molecular flexibility index (Phi) is 5.41. The molecule has 0 radical (unpaired) electrons. The molecular weight excluding hydrogens is 366 g/mol. The van der Waals surface area contributed by atoms with E-state index in [1.165, 1.54) is 28.2 Å². The number of hydrogen-bond acceptors (Lipinski definition) is 4. The first-order valence-electron chi connectivity index (χ1n) is 10.3. The zero-order valence-corrected chi connectivity index (χ0v) is 17.3. The van der Waals surface area contributed by atoms with Crippen LogP contribution in [0.15, 0.2) is 36.7 Å². The Bertz CT molecular complexity index is 877. The van der Waals surface area contributed by atoms with E-state index in [9.17, 15) is 9.59 Å². The summed E-state index contributed by atoms with van der Waals surface area (Å²) in [6.07, 6.45) is 5.19. The molecule has 1 aromatic carbocycles. The molecule has 1 saturated carbocycles. The van der Waals surface area contributed by atoms with Gasteiger partial charge in [0.1, 0.15) is 0 Å². The third kappa shape index (κ3) is 4.05. The molecule has 2 amide bonds. The van der Waals surface area contributed by atoms with Crippen molar-refractivity contribution >= 4 is 11.9 Å². The van der Waals surface area contributed by atoms with E-state index in [2.05, 4.69) is 53.6 Å². The number of benzene rings is 1. The summed E-state index contributed by atoms with van der Waals surface area (Å²) in [4.78, 5) is 28.8. The first-order valence-corrected chi connectivity index (χ1v) is 10.3. The molecule has 154 valence electrons. The van der Waals surface area contributed by atoms with Crippen molar-refractivity contribution in [2.45, 2.75) is 32.4 Å². The number of carbonyl (C=O) groups excluding carboxylic acids is 2. The Hall–Kier alpha value is -2.67. The fourth-order valence-electron chi connectivity index (χ4n) is 4.73. The largest absolute Gasteiger partial charge is 0.355 e. The van der Waals surface area contributed by atoms with Crippen molar-refractivity contribution in [3.8, 4) is 0 Å². The molecule has 1 unspecified atom stereocenters. The fourth-order valence-corrected chi connectivity index (χ4v) is 4.73. The van der Waals surface area contributed by atoms with Gasteiger partial charge in [-0.05, 0) is 44.2 Å². The molecule has 1 aliphatic heterocycles.